The van der Waals surface area contributed by atoms with Crippen LogP contribution in [-0.2, 0) is 12.8 Å². The minimum atomic E-state index is -0.133. The minimum absolute atomic E-state index is 0.133. The van der Waals surface area contributed by atoms with Crippen molar-refractivity contribution in [3.8, 4) is 0 Å². The highest BCUT2D eigenvalue weighted by molar-refractivity contribution is 7.16. The number of hydrogen-bond acceptors (Lipinski definition) is 6. The number of anilines is 1. The molecule has 2 rings (SSSR count). The van der Waals surface area contributed by atoms with Gasteiger partial charge in [0, 0.05) is 12.8 Å². The van der Waals surface area contributed by atoms with Gasteiger partial charge in [0.2, 0.25) is 5.13 Å². The Morgan fingerprint density at radius 2 is 1.96 bits per heavy atom. The van der Waals surface area contributed by atoms with Gasteiger partial charge in [-0.05, 0) is 19.3 Å². The molecule has 0 aliphatic carbocycles. The van der Waals surface area contributed by atoms with Crippen LogP contribution < -0.4 is 5.32 Å². The number of unbranched alkanes of at least 4 members (excludes halogenated alkanes) is 2. The third-order valence-corrected chi connectivity index (χ3v) is 5.39. The predicted octanol–water partition coefficient (Wildman–Crippen LogP) is 4.49. The highest BCUT2D eigenvalue weighted by atomic mass is 32.1. The summed E-state index contributed by atoms with van der Waals surface area (Å²) in [4.78, 5) is 17.6. The molecule has 0 radical (unpaired) electrons. The van der Waals surface area contributed by atoms with Gasteiger partial charge in [-0.15, -0.1) is 21.5 Å². The lowest BCUT2D eigenvalue weighted by Crippen LogP contribution is -2.11. The first-order valence-corrected chi connectivity index (χ1v) is 9.73. The molecule has 2 aromatic rings. The predicted molar refractivity (Wildman–Crippen MR) is 96.5 cm³/mol. The van der Waals surface area contributed by atoms with Crippen molar-refractivity contribution < 1.29 is 4.79 Å². The van der Waals surface area contributed by atoms with Gasteiger partial charge in [0.1, 0.15) is 9.88 Å². The molecule has 0 atom stereocenters. The van der Waals surface area contributed by atoms with Crippen molar-refractivity contribution in [3.63, 3.8) is 0 Å². The number of carbonyl (C=O) groups excluding carboxylic acids is 1. The molecule has 0 saturated carbocycles. The van der Waals surface area contributed by atoms with E-state index in [1.54, 1.807) is 0 Å². The summed E-state index contributed by atoms with van der Waals surface area (Å²) >= 11 is 2.93. The largest absolute Gasteiger partial charge is 0.296 e. The van der Waals surface area contributed by atoms with E-state index in [0.29, 0.717) is 15.9 Å². The Morgan fingerprint density at radius 3 is 2.65 bits per heavy atom. The van der Waals surface area contributed by atoms with Gasteiger partial charge in [-0.3, -0.25) is 10.1 Å². The molecule has 5 nitrogen and oxygen atoms in total. The zero-order valence-corrected chi connectivity index (χ0v) is 15.8. The van der Waals surface area contributed by atoms with Crippen LogP contribution >= 0.6 is 22.7 Å². The molecule has 0 saturated heterocycles. The minimum Gasteiger partial charge on any atom is -0.296 e. The number of rotatable bonds is 8. The Kier molecular flexibility index (Phi) is 6.65. The first-order valence-electron chi connectivity index (χ1n) is 8.09. The van der Waals surface area contributed by atoms with Gasteiger partial charge in [0.25, 0.3) is 5.91 Å². The summed E-state index contributed by atoms with van der Waals surface area (Å²) in [6.45, 7) is 8.36. The molecule has 0 unspecified atom stereocenters. The van der Waals surface area contributed by atoms with Crippen molar-refractivity contribution in [2.75, 3.05) is 5.32 Å². The van der Waals surface area contributed by atoms with Crippen molar-refractivity contribution in [2.45, 2.75) is 59.8 Å². The van der Waals surface area contributed by atoms with E-state index < -0.39 is 0 Å². The van der Waals surface area contributed by atoms with Crippen LogP contribution in [0.15, 0.2) is 0 Å². The van der Waals surface area contributed by atoms with E-state index in [2.05, 4.69) is 41.3 Å². The van der Waals surface area contributed by atoms with Crippen molar-refractivity contribution in [2.24, 2.45) is 5.92 Å². The highest BCUT2D eigenvalue weighted by Gasteiger charge is 2.17. The van der Waals surface area contributed by atoms with E-state index in [9.17, 15) is 4.79 Å². The fourth-order valence-electron chi connectivity index (χ4n) is 2.18. The Hall–Kier alpha value is -1.34. The highest BCUT2D eigenvalue weighted by Crippen LogP contribution is 2.23. The van der Waals surface area contributed by atoms with E-state index in [0.717, 1.165) is 35.0 Å². The number of thiazole rings is 1. The summed E-state index contributed by atoms with van der Waals surface area (Å²) in [5.41, 5.74) is 0.788. The Balaban J connectivity index is 1.97. The number of carbonyl (C=O) groups is 1. The summed E-state index contributed by atoms with van der Waals surface area (Å²) in [6, 6.07) is 0. The molecule has 2 heterocycles. The number of hydrogen-bond donors (Lipinski definition) is 1. The van der Waals surface area contributed by atoms with Crippen LogP contribution in [0, 0.1) is 12.8 Å². The van der Waals surface area contributed by atoms with Gasteiger partial charge in [-0.25, -0.2) is 4.98 Å². The summed E-state index contributed by atoms with van der Waals surface area (Å²) < 4.78 is 0. The number of amides is 1. The molecule has 2 aromatic heterocycles. The molecule has 23 heavy (non-hydrogen) atoms. The smallest absolute Gasteiger partial charge is 0.269 e. The van der Waals surface area contributed by atoms with Crippen molar-refractivity contribution in [3.05, 3.63) is 20.6 Å². The zero-order valence-electron chi connectivity index (χ0n) is 14.2. The Labute approximate surface area is 145 Å². The average Bonchev–Trinajstić information content (AvgIpc) is 3.05. The molecule has 126 valence electrons. The Bertz CT molecular complexity index is 648. The maximum Gasteiger partial charge on any atom is 0.269 e. The second kappa shape index (κ2) is 8.49. The fourth-order valence-corrected chi connectivity index (χ4v) is 4.13. The third-order valence-electron chi connectivity index (χ3n) is 3.31. The first kappa shape index (κ1) is 18.0. The van der Waals surface area contributed by atoms with Crippen LogP contribution in [0.25, 0.3) is 0 Å². The lowest BCUT2D eigenvalue weighted by molar-refractivity contribution is 0.102. The molecule has 0 aromatic carbocycles. The number of aryl methyl sites for hydroxylation is 2. The first-order chi connectivity index (χ1) is 11.0. The SMILES string of the molecule is CCCCCc1nnc(NC(=O)c2sc(CC(C)C)nc2C)s1. The monoisotopic (exact) mass is 352 g/mol. The van der Waals surface area contributed by atoms with Crippen LogP contribution in [0.3, 0.4) is 0 Å². The number of nitrogens with one attached hydrogen (secondary N) is 1. The van der Waals surface area contributed by atoms with Crippen LogP contribution in [-0.4, -0.2) is 21.1 Å². The second-order valence-corrected chi connectivity index (χ2v) is 8.18. The second-order valence-electron chi connectivity index (χ2n) is 6.03. The van der Waals surface area contributed by atoms with Crippen molar-refractivity contribution in [1.29, 1.82) is 0 Å². The lowest BCUT2D eigenvalue weighted by Gasteiger charge is -1.99. The van der Waals surface area contributed by atoms with Gasteiger partial charge in [0.05, 0.1) is 10.7 Å². The summed E-state index contributed by atoms with van der Waals surface area (Å²) in [5, 5.41) is 13.6. The molecule has 7 heteroatoms. The molecule has 0 fully saturated rings. The van der Waals surface area contributed by atoms with E-state index in [-0.39, 0.29) is 5.91 Å². The molecular formula is C16H24N4OS2. The van der Waals surface area contributed by atoms with Crippen LogP contribution in [0.5, 0.6) is 0 Å². The van der Waals surface area contributed by atoms with Gasteiger partial charge < -0.3 is 0 Å². The number of nitrogens with zero attached hydrogens (tertiary/aromatic N) is 3. The van der Waals surface area contributed by atoms with Gasteiger partial charge in [-0.2, -0.15) is 0 Å². The normalized spacial score (nSPS) is 11.2. The number of aromatic nitrogens is 3. The van der Waals surface area contributed by atoms with E-state index >= 15 is 0 Å². The molecule has 1 amide bonds. The summed E-state index contributed by atoms with van der Waals surface area (Å²) in [7, 11) is 0. The molecule has 0 aliphatic rings. The van der Waals surface area contributed by atoms with Crippen LogP contribution in [0.2, 0.25) is 0 Å². The maximum absolute atomic E-state index is 12.4. The van der Waals surface area contributed by atoms with Crippen LogP contribution in [0.4, 0.5) is 5.13 Å². The molecule has 0 spiro atoms. The van der Waals surface area contributed by atoms with E-state index in [4.69, 9.17) is 0 Å². The van der Waals surface area contributed by atoms with E-state index in [1.165, 1.54) is 35.5 Å². The van der Waals surface area contributed by atoms with Gasteiger partial charge in [0.15, 0.2) is 0 Å². The zero-order chi connectivity index (χ0) is 16.8. The standard InChI is InChI=1S/C16H24N4OS2/c1-5-6-7-8-12-19-20-16(23-12)18-15(21)14-11(4)17-13(22-14)9-10(2)3/h10H,5-9H2,1-4H3,(H,18,20,21). The topological polar surface area (TPSA) is 67.8 Å². The van der Waals surface area contributed by atoms with E-state index in [1.807, 2.05) is 6.92 Å². The molecule has 0 bridgehead atoms. The van der Waals surface area contributed by atoms with Gasteiger partial charge >= 0.3 is 0 Å². The maximum atomic E-state index is 12.4. The fraction of sp³-hybridized carbons (Fsp3) is 0.625. The van der Waals surface area contributed by atoms with Crippen molar-refractivity contribution in [1.82, 2.24) is 15.2 Å². The third kappa shape index (κ3) is 5.35. The Morgan fingerprint density at radius 1 is 1.17 bits per heavy atom. The molecule has 0 aliphatic heterocycles. The molecule has 1 N–H and O–H groups in total. The molecular weight excluding hydrogens is 328 g/mol. The van der Waals surface area contributed by atoms with Crippen molar-refractivity contribution >= 4 is 33.7 Å². The van der Waals surface area contributed by atoms with Gasteiger partial charge in [-0.1, -0.05) is 44.9 Å². The van der Waals surface area contributed by atoms with Crippen LogP contribution in [0.1, 0.15) is 65.4 Å². The average molecular weight is 353 g/mol. The summed E-state index contributed by atoms with van der Waals surface area (Å²) in [5.74, 6) is 0.400. The quantitative estimate of drug-likeness (QED) is 0.711. The lowest BCUT2D eigenvalue weighted by atomic mass is 10.1. The summed E-state index contributed by atoms with van der Waals surface area (Å²) in [6.07, 6.45) is 5.33.